The highest BCUT2D eigenvalue weighted by molar-refractivity contribution is 9.11. The Hall–Kier alpha value is -1.17. The van der Waals surface area contributed by atoms with E-state index in [9.17, 15) is 0 Å². The standard InChI is InChI=1S/C12H9BrN2OS/c13-11-9(5-14)15-12(17-11)8-6-16-10-4-2-1-3-7(8)10/h1-4,6H,5,14H2. The van der Waals surface area contributed by atoms with E-state index in [2.05, 4.69) is 20.9 Å². The summed E-state index contributed by atoms with van der Waals surface area (Å²) in [5, 5.41) is 2.01. The molecule has 0 aliphatic rings. The number of nitrogens with zero attached hydrogens (tertiary/aromatic N) is 1. The van der Waals surface area contributed by atoms with Crippen molar-refractivity contribution in [2.75, 3.05) is 0 Å². The Labute approximate surface area is 110 Å². The molecule has 0 saturated heterocycles. The second kappa shape index (κ2) is 4.25. The van der Waals surface area contributed by atoms with Gasteiger partial charge in [-0.1, -0.05) is 18.2 Å². The molecule has 0 radical (unpaired) electrons. The van der Waals surface area contributed by atoms with Gasteiger partial charge in [0.2, 0.25) is 0 Å². The van der Waals surface area contributed by atoms with Crippen molar-refractivity contribution in [2.45, 2.75) is 6.54 Å². The lowest BCUT2D eigenvalue weighted by Crippen LogP contribution is -1.96. The molecule has 1 aromatic carbocycles. The molecule has 0 fully saturated rings. The highest BCUT2D eigenvalue weighted by atomic mass is 79.9. The first-order chi connectivity index (χ1) is 8.29. The first kappa shape index (κ1) is 11.0. The quantitative estimate of drug-likeness (QED) is 0.784. The number of hydrogen-bond acceptors (Lipinski definition) is 4. The second-order valence-corrected chi connectivity index (χ2v) is 5.91. The molecular formula is C12H9BrN2OS. The molecule has 86 valence electrons. The summed E-state index contributed by atoms with van der Waals surface area (Å²) in [5.74, 6) is 0. The summed E-state index contributed by atoms with van der Waals surface area (Å²) in [6.07, 6.45) is 1.75. The van der Waals surface area contributed by atoms with E-state index in [-0.39, 0.29) is 0 Å². The Morgan fingerprint density at radius 1 is 1.35 bits per heavy atom. The summed E-state index contributed by atoms with van der Waals surface area (Å²) in [6, 6.07) is 7.93. The van der Waals surface area contributed by atoms with E-state index in [0.29, 0.717) is 6.54 Å². The van der Waals surface area contributed by atoms with Crippen LogP contribution in [0.4, 0.5) is 0 Å². The predicted molar refractivity (Wildman–Crippen MR) is 72.9 cm³/mol. The summed E-state index contributed by atoms with van der Waals surface area (Å²) >= 11 is 5.05. The fourth-order valence-corrected chi connectivity index (χ4v) is 3.27. The van der Waals surface area contributed by atoms with Gasteiger partial charge in [-0.25, -0.2) is 4.98 Å². The number of fused-ring (bicyclic) bond motifs is 1. The second-order valence-electron chi connectivity index (χ2n) is 3.59. The Bertz CT molecular complexity index is 674. The molecule has 0 saturated carbocycles. The van der Waals surface area contributed by atoms with Gasteiger partial charge in [0.05, 0.1) is 15.0 Å². The minimum atomic E-state index is 0.437. The van der Waals surface area contributed by atoms with Crippen molar-refractivity contribution in [2.24, 2.45) is 5.73 Å². The number of halogens is 1. The third-order valence-electron chi connectivity index (χ3n) is 2.55. The van der Waals surface area contributed by atoms with Crippen molar-refractivity contribution in [1.82, 2.24) is 4.98 Å². The van der Waals surface area contributed by atoms with E-state index in [1.807, 2.05) is 24.3 Å². The molecule has 0 bridgehead atoms. The van der Waals surface area contributed by atoms with Crippen LogP contribution in [0, 0.1) is 0 Å². The van der Waals surface area contributed by atoms with Crippen LogP contribution in [0.2, 0.25) is 0 Å². The van der Waals surface area contributed by atoms with Gasteiger partial charge in [-0.15, -0.1) is 11.3 Å². The molecular weight excluding hydrogens is 300 g/mol. The van der Waals surface area contributed by atoms with E-state index >= 15 is 0 Å². The minimum Gasteiger partial charge on any atom is -0.464 e. The van der Waals surface area contributed by atoms with Gasteiger partial charge in [0, 0.05) is 11.9 Å². The third-order valence-corrected chi connectivity index (χ3v) is 4.42. The van der Waals surface area contributed by atoms with Gasteiger partial charge in [-0.3, -0.25) is 0 Å². The SMILES string of the molecule is NCc1nc(-c2coc3ccccc23)sc1Br. The van der Waals surface area contributed by atoms with Crippen LogP contribution in [-0.4, -0.2) is 4.98 Å². The number of thiazole rings is 1. The lowest BCUT2D eigenvalue weighted by atomic mass is 10.2. The fraction of sp³-hybridized carbons (Fsp3) is 0.0833. The molecule has 5 heteroatoms. The summed E-state index contributed by atoms with van der Waals surface area (Å²) in [4.78, 5) is 4.51. The molecule has 3 rings (SSSR count). The Morgan fingerprint density at radius 2 is 2.18 bits per heavy atom. The Kier molecular flexibility index (Phi) is 2.74. The van der Waals surface area contributed by atoms with Crippen LogP contribution in [0.3, 0.4) is 0 Å². The van der Waals surface area contributed by atoms with Crippen LogP contribution in [0.5, 0.6) is 0 Å². The molecule has 0 amide bonds. The van der Waals surface area contributed by atoms with Crippen molar-refractivity contribution in [1.29, 1.82) is 0 Å². The van der Waals surface area contributed by atoms with Crippen LogP contribution < -0.4 is 5.73 Å². The molecule has 0 atom stereocenters. The number of benzene rings is 1. The summed E-state index contributed by atoms with van der Waals surface area (Å²) < 4.78 is 6.49. The highest BCUT2D eigenvalue weighted by Crippen LogP contribution is 2.36. The van der Waals surface area contributed by atoms with Crippen LogP contribution in [0.15, 0.2) is 38.7 Å². The molecule has 2 heterocycles. The zero-order chi connectivity index (χ0) is 11.8. The van der Waals surface area contributed by atoms with E-state index in [0.717, 1.165) is 31.0 Å². The summed E-state index contributed by atoms with van der Waals surface area (Å²) in [6.45, 7) is 0.437. The largest absolute Gasteiger partial charge is 0.464 e. The molecule has 0 aliphatic heterocycles. The normalized spacial score (nSPS) is 11.2. The lowest BCUT2D eigenvalue weighted by Gasteiger charge is -1.91. The first-order valence-electron chi connectivity index (χ1n) is 5.11. The maximum absolute atomic E-state index is 5.62. The van der Waals surface area contributed by atoms with Crippen molar-refractivity contribution in [3.63, 3.8) is 0 Å². The molecule has 0 aliphatic carbocycles. The number of rotatable bonds is 2. The summed E-state index contributed by atoms with van der Waals surface area (Å²) in [5.41, 5.74) is 8.40. The minimum absolute atomic E-state index is 0.437. The maximum atomic E-state index is 5.62. The van der Waals surface area contributed by atoms with Crippen LogP contribution in [0.1, 0.15) is 5.69 Å². The zero-order valence-corrected chi connectivity index (χ0v) is 11.2. The molecule has 3 nitrogen and oxygen atoms in total. The van der Waals surface area contributed by atoms with Crippen molar-refractivity contribution in [3.8, 4) is 10.6 Å². The molecule has 17 heavy (non-hydrogen) atoms. The number of para-hydroxylation sites is 1. The lowest BCUT2D eigenvalue weighted by molar-refractivity contribution is 0.617. The number of nitrogens with two attached hydrogens (primary N) is 1. The van der Waals surface area contributed by atoms with E-state index in [1.54, 1.807) is 17.6 Å². The monoisotopic (exact) mass is 308 g/mol. The van der Waals surface area contributed by atoms with E-state index < -0.39 is 0 Å². The van der Waals surface area contributed by atoms with E-state index in [1.165, 1.54) is 0 Å². The van der Waals surface area contributed by atoms with Crippen LogP contribution in [-0.2, 0) is 6.54 Å². The first-order valence-corrected chi connectivity index (χ1v) is 6.72. The molecule has 0 unspecified atom stereocenters. The molecule has 3 aromatic rings. The van der Waals surface area contributed by atoms with Gasteiger partial charge in [0.25, 0.3) is 0 Å². The molecule has 2 aromatic heterocycles. The topological polar surface area (TPSA) is 52.0 Å². The Morgan fingerprint density at radius 3 is 2.94 bits per heavy atom. The highest BCUT2D eigenvalue weighted by Gasteiger charge is 2.13. The van der Waals surface area contributed by atoms with Gasteiger partial charge >= 0.3 is 0 Å². The predicted octanol–water partition coefficient (Wildman–Crippen LogP) is 3.78. The van der Waals surface area contributed by atoms with E-state index in [4.69, 9.17) is 10.2 Å². The van der Waals surface area contributed by atoms with Gasteiger partial charge < -0.3 is 10.2 Å². The molecule has 2 N–H and O–H groups in total. The van der Waals surface area contributed by atoms with Gasteiger partial charge in [0.1, 0.15) is 16.9 Å². The number of hydrogen-bond donors (Lipinski definition) is 1. The zero-order valence-electron chi connectivity index (χ0n) is 8.81. The van der Waals surface area contributed by atoms with Crippen LogP contribution in [0.25, 0.3) is 21.5 Å². The number of furan rings is 1. The Balaban J connectivity index is 2.20. The average molecular weight is 309 g/mol. The van der Waals surface area contributed by atoms with Gasteiger partial charge in [0.15, 0.2) is 0 Å². The molecule has 0 spiro atoms. The van der Waals surface area contributed by atoms with Crippen molar-refractivity contribution >= 4 is 38.2 Å². The van der Waals surface area contributed by atoms with Gasteiger partial charge in [-0.05, 0) is 22.0 Å². The van der Waals surface area contributed by atoms with Crippen molar-refractivity contribution < 1.29 is 4.42 Å². The van der Waals surface area contributed by atoms with Crippen LogP contribution >= 0.6 is 27.3 Å². The maximum Gasteiger partial charge on any atom is 0.134 e. The average Bonchev–Trinajstić information content (AvgIpc) is 2.92. The fourth-order valence-electron chi connectivity index (χ4n) is 1.72. The summed E-state index contributed by atoms with van der Waals surface area (Å²) in [7, 11) is 0. The third kappa shape index (κ3) is 1.80. The van der Waals surface area contributed by atoms with Crippen molar-refractivity contribution in [3.05, 3.63) is 40.0 Å². The van der Waals surface area contributed by atoms with Gasteiger partial charge in [-0.2, -0.15) is 0 Å². The smallest absolute Gasteiger partial charge is 0.134 e. The number of aromatic nitrogens is 1.